The summed E-state index contributed by atoms with van der Waals surface area (Å²) in [5, 5.41) is 2.10. The van der Waals surface area contributed by atoms with Gasteiger partial charge in [0.15, 0.2) is 0 Å². The molecule has 1 heterocycles. The SMILES string of the molecule is c1ccc(Sc2nc[nH]c2Sc2ccccc2)cc1. The second kappa shape index (κ2) is 5.99. The molecular weight excluding hydrogens is 272 g/mol. The number of H-pyrrole nitrogens is 1. The molecule has 0 saturated heterocycles. The van der Waals surface area contributed by atoms with Crippen LogP contribution in [0.25, 0.3) is 0 Å². The predicted octanol–water partition coefficient (Wildman–Crippen LogP) is 4.71. The van der Waals surface area contributed by atoms with Crippen LogP contribution in [0.5, 0.6) is 0 Å². The van der Waals surface area contributed by atoms with E-state index in [0.717, 1.165) is 10.1 Å². The van der Waals surface area contributed by atoms with Crippen molar-refractivity contribution in [2.45, 2.75) is 19.8 Å². The van der Waals surface area contributed by atoms with E-state index in [1.54, 1.807) is 29.9 Å². The standard InChI is InChI=1S/C15H12N2S2/c1-3-7-12(8-4-1)18-14-15(17-11-16-14)19-13-9-5-2-6-10-13/h1-11H,(H,16,17). The first-order valence-corrected chi connectivity index (χ1v) is 7.54. The number of hydrogen-bond acceptors (Lipinski definition) is 3. The van der Waals surface area contributed by atoms with E-state index in [2.05, 4.69) is 34.2 Å². The molecule has 0 unspecified atom stereocenters. The van der Waals surface area contributed by atoms with Gasteiger partial charge in [-0.05, 0) is 24.3 Å². The number of hydrogen-bond donors (Lipinski definition) is 1. The fraction of sp³-hybridized carbons (Fsp3) is 0. The Labute approximate surface area is 120 Å². The Morgan fingerprint density at radius 1 is 0.737 bits per heavy atom. The van der Waals surface area contributed by atoms with Crippen LogP contribution in [-0.2, 0) is 0 Å². The van der Waals surface area contributed by atoms with Crippen LogP contribution in [0.3, 0.4) is 0 Å². The molecule has 2 nitrogen and oxygen atoms in total. The second-order valence-corrected chi connectivity index (χ2v) is 6.01. The predicted molar refractivity (Wildman–Crippen MR) is 79.7 cm³/mol. The number of benzene rings is 2. The van der Waals surface area contributed by atoms with Crippen molar-refractivity contribution >= 4 is 23.5 Å². The van der Waals surface area contributed by atoms with Gasteiger partial charge in [0, 0.05) is 9.79 Å². The summed E-state index contributed by atoms with van der Waals surface area (Å²) in [6.07, 6.45) is 1.75. The van der Waals surface area contributed by atoms with Crippen LogP contribution in [0.2, 0.25) is 0 Å². The molecule has 19 heavy (non-hydrogen) atoms. The van der Waals surface area contributed by atoms with Gasteiger partial charge in [0.2, 0.25) is 0 Å². The minimum absolute atomic E-state index is 1.01. The molecule has 1 N–H and O–H groups in total. The molecule has 94 valence electrons. The van der Waals surface area contributed by atoms with Crippen molar-refractivity contribution < 1.29 is 0 Å². The molecule has 3 aromatic rings. The van der Waals surface area contributed by atoms with Crippen LogP contribution in [0.1, 0.15) is 0 Å². The Bertz CT molecular complexity index is 580. The van der Waals surface area contributed by atoms with Crippen LogP contribution in [0, 0.1) is 0 Å². The van der Waals surface area contributed by atoms with Crippen molar-refractivity contribution in [3.63, 3.8) is 0 Å². The Morgan fingerprint density at radius 2 is 1.32 bits per heavy atom. The fourth-order valence-corrected chi connectivity index (χ4v) is 3.43. The van der Waals surface area contributed by atoms with Crippen LogP contribution < -0.4 is 0 Å². The fourth-order valence-electron chi connectivity index (χ4n) is 1.62. The van der Waals surface area contributed by atoms with Crippen molar-refractivity contribution in [2.75, 3.05) is 0 Å². The van der Waals surface area contributed by atoms with Crippen molar-refractivity contribution in [3.05, 3.63) is 67.0 Å². The van der Waals surface area contributed by atoms with Gasteiger partial charge in [0.25, 0.3) is 0 Å². The van der Waals surface area contributed by atoms with E-state index in [-0.39, 0.29) is 0 Å². The smallest absolute Gasteiger partial charge is 0.133 e. The van der Waals surface area contributed by atoms with Gasteiger partial charge in [-0.25, -0.2) is 4.98 Å². The van der Waals surface area contributed by atoms with Gasteiger partial charge in [-0.2, -0.15) is 0 Å². The number of imidazole rings is 1. The molecule has 0 fully saturated rings. The number of nitrogens with zero attached hydrogens (tertiary/aromatic N) is 1. The van der Waals surface area contributed by atoms with Crippen LogP contribution in [0.4, 0.5) is 0 Å². The van der Waals surface area contributed by atoms with Gasteiger partial charge in [0.05, 0.1) is 6.33 Å². The van der Waals surface area contributed by atoms with Crippen LogP contribution >= 0.6 is 23.5 Å². The van der Waals surface area contributed by atoms with Crippen molar-refractivity contribution in [3.8, 4) is 0 Å². The van der Waals surface area contributed by atoms with Gasteiger partial charge in [-0.1, -0.05) is 59.9 Å². The third kappa shape index (κ3) is 3.22. The average molecular weight is 284 g/mol. The highest BCUT2D eigenvalue weighted by molar-refractivity contribution is 8.02. The quantitative estimate of drug-likeness (QED) is 0.752. The van der Waals surface area contributed by atoms with Crippen LogP contribution in [0.15, 0.2) is 86.8 Å². The molecular formula is C15H12N2S2. The summed E-state index contributed by atoms with van der Waals surface area (Å²) < 4.78 is 0. The second-order valence-electron chi connectivity index (χ2n) is 3.87. The van der Waals surface area contributed by atoms with Gasteiger partial charge in [-0.15, -0.1) is 0 Å². The summed E-state index contributed by atoms with van der Waals surface area (Å²) in [7, 11) is 0. The molecule has 0 spiro atoms. The monoisotopic (exact) mass is 284 g/mol. The summed E-state index contributed by atoms with van der Waals surface area (Å²) in [4.78, 5) is 10.0. The molecule has 0 radical (unpaired) electrons. The molecule has 4 heteroatoms. The minimum Gasteiger partial charge on any atom is -0.339 e. The molecule has 0 aliphatic rings. The Kier molecular flexibility index (Phi) is 3.91. The zero-order valence-electron chi connectivity index (χ0n) is 10.1. The van der Waals surface area contributed by atoms with Gasteiger partial charge < -0.3 is 4.98 Å². The molecule has 0 aliphatic carbocycles. The molecule has 1 aromatic heterocycles. The van der Waals surface area contributed by atoms with Crippen molar-refractivity contribution in [1.29, 1.82) is 0 Å². The molecule has 0 aliphatic heterocycles. The van der Waals surface area contributed by atoms with Gasteiger partial charge in [0.1, 0.15) is 10.1 Å². The highest BCUT2D eigenvalue weighted by Crippen LogP contribution is 2.36. The van der Waals surface area contributed by atoms with Crippen LogP contribution in [-0.4, -0.2) is 9.97 Å². The first-order chi connectivity index (χ1) is 9.42. The molecule has 0 amide bonds. The molecule has 0 bridgehead atoms. The van der Waals surface area contributed by atoms with E-state index in [9.17, 15) is 0 Å². The lowest BCUT2D eigenvalue weighted by molar-refractivity contribution is 1.08. The highest BCUT2D eigenvalue weighted by Gasteiger charge is 2.08. The number of aromatic amines is 1. The summed E-state index contributed by atoms with van der Waals surface area (Å²) in [6, 6.07) is 20.6. The van der Waals surface area contributed by atoms with E-state index < -0.39 is 0 Å². The largest absolute Gasteiger partial charge is 0.339 e. The number of nitrogens with one attached hydrogen (secondary N) is 1. The maximum atomic E-state index is 4.39. The lowest BCUT2D eigenvalue weighted by Gasteiger charge is -2.02. The van der Waals surface area contributed by atoms with Gasteiger partial charge >= 0.3 is 0 Å². The van der Waals surface area contributed by atoms with Crippen molar-refractivity contribution in [2.24, 2.45) is 0 Å². The van der Waals surface area contributed by atoms with E-state index in [0.29, 0.717) is 0 Å². The zero-order chi connectivity index (χ0) is 12.9. The number of rotatable bonds is 4. The van der Waals surface area contributed by atoms with E-state index in [1.807, 2.05) is 36.4 Å². The average Bonchev–Trinajstić information content (AvgIpc) is 2.88. The first-order valence-electron chi connectivity index (χ1n) is 5.91. The molecule has 3 rings (SSSR count). The first kappa shape index (κ1) is 12.4. The Morgan fingerprint density at radius 3 is 1.95 bits per heavy atom. The van der Waals surface area contributed by atoms with Crippen molar-refractivity contribution in [1.82, 2.24) is 9.97 Å². The zero-order valence-corrected chi connectivity index (χ0v) is 11.7. The third-order valence-corrected chi connectivity index (χ3v) is 4.66. The van der Waals surface area contributed by atoms with E-state index in [1.165, 1.54) is 9.79 Å². The highest BCUT2D eigenvalue weighted by atomic mass is 32.2. The van der Waals surface area contributed by atoms with E-state index in [4.69, 9.17) is 0 Å². The molecule has 0 atom stereocenters. The summed E-state index contributed by atoms with van der Waals surface area (Å²) in [6.45, 7) is 0. The summed E-state index contributed by atoms with van der Waals surface area (Å²) >= 11 is 3.38. The molecule has 2 aromatic carbocycles. The Balaban J connectivity index is 1.79. The maximum Gasteiger partial charge on any atom is 0.133 e. The summed E-state index contributed by atoms with van der Waals surface area (Å²) in [5.41, 5.74) is 0. The lowest BCUT2D eigenvalue weighted by Crippen LogP contribution is -1.78. The van der Waals surface area contributed by atoms with Gasteiger partial charge in [-0.3, -0.25) is 0 Å². The maximum absolute atomic E-state index is 4.39. The van der Waals surface area contributed by atoms with E-state index >= 15 is 0 Å². The number of aromatic nitrogens is 2. The third-order valence-electron chi connectivity index (χ3n) is 2.49. The minimum atomic E-state index is 1.01. The lowest BCUT2D eigenvalue weighted by atomic mass is 10.4. The summed E-state index contributed by atoms with van der Waals surface area (Å²) in [5.74, 6) is 0. The molecule has 0 saturated carbocycles. The Hall–Kier alpha value is -1.65. The topological polar surface area (TPSA) is 28.7 Å². The normalized spacial score (nSPS) is 10.5.